The molecule has 1 saturated heterocycles. The molecule has 0 unspecified atom stereocenters. The monoisotopic (exact) mass is 229 g/mol. The molecular formula is C11H23N3O2. The number of aliphatic hydroxyl groups is 1. The zero-order valence-corrected chi connectivity index (χ0v) is 10.1. The van der Waals surface area contributed by atoms with E-state index in [1.807, 2.05) is 11.8 Å². The summed E-state index contributed by atoms with van der Waals surface area (Å²) in [7, 11) is 0. The highest BCUT2D eigenvalue weighted by Crippen LogP contribution is 2.05. The summed E-state index contributed by atoms with van der Waals surface area (Å²) < 4.78 is 0. The SMILES string of the molecule is CC[C@H](N)C(=O)N1CCCN(CCO)CC1. The van der Waals surface area contributed by atoms with E-state index in [9.17, 15) is 4.79 Å². The molecule has 0 bridgehead atoms. The molecule has 5 heteroatoms. The first-order chi connectivity index (χ1) is 7.69. The Morgan fingerprint density at radius 1 is 1.38 bits per heavy atom. The predicted molar refractivity (Wildman–Crippen MR) is 63.0 cm³/mol. The summed E-state index contributed by atoms with van der Waals surface area (Å²) in [6, 6.07) is -0.357. The molecule has 3 N–H and O–H groups in total. The van der Waals surface area contributed by atoms with Gasteiger partial charge >= 0.3 is 0 Å². The van der Waals surface area contributed by atoms with Gasteiger partial charge in [0.1, 0.15) is 0 Å². The van der Waals surface area contributed by atoms with E-state index in [-0.39, 0.29) is 18.6 Å². The van der Waals surface area contributed by atoms with Gasteiger partial charge in [0.2, 0.25) is 5.91 Å². The third kappa shape index (κ3) is 3.73. The first kappa shape index (κ1) is 13.4. The number of carbonyl (C=O) groups excluding carboxylic acids is 1. The maximum Gasteiger partial charge on any atom is 0.239 e. The average Bonchev–Trinajstić information content (AvgIpc) is 2.53. The van der Waals surface area contributed by atoms with Crippen molar-refractivity contribution < 1.29 is 9.90 Å². The number of hydrogen-bond donors (Lipinski definition) is 2. The molecule has 0 aromatic carbocycles. The zero-order chi connectivity index (χ0) is 12.0. The summed E-state index contributed by atoms with van der Waals surface area (Å²) >= 11 is 0. The molecule has 0 saturated carbocycles. The zero-order valence-electron chi connectivity index (χ0n) is 10.1. The third-order valence-corrected chi connectivity index (χ3v) is 3.07. The fourth-order valence-corrected chi connectivity index (χ4v) is 1.97. The van der Waals surface area contributed by atoms with Crippen molar-refractivity contribution in [3.05, 3.63) is 0 Å². The Morgan fingerprint density at radius 2 is 2.12 bits per heavy atom. The average molecular weight is 229 g/mol. The van der Waals surface area contributed by atoms with Crippen LogP contribution in [-0.4, -0.2) is 66.2 Å². The highest BCUT2D eigenvalue weighted by molar-refractivity contribution is 5.81. The Labute approximate surface area is 97.2 Å². The molecule has 16 heavy (non-hydrogen) atoms. The van der Waals surface area contributed by atoms with E-state index in [2.05, 4.69) is 4.90 Å². The van der Waals surface area contributed by atoms with Gasteiger partial charge in [0.05, 0.1) is 12.6 Å². The summed E-state index contributed by atoms with van der Waals surface area (Å²) in [5.74, 6) is 0.0633. The molecule has 0 aromatic rings. The molecule has 0 radical (unpaired) electrons. The number of nitrogens with two attached hydrogens (primary N) is 1. The van der Waals surface area contributed by atoms with Crippen LogP contribution in [0.5, 0.6) is 0 Å². The van der Waals surface area contributed by atoms with Crippen LogP contribution in [-0.2, 0) is 4.79 Å². The largest absolute Gasteiger partial charge is 0.395 e. The van der Waals surface area contributed by atoms with Gasteiger partial charge in [-0.2, -0.15) is 0 Å². The quantitative estimate of drug-likeness (QED) is 0.665. The fraction of sp³-hybridized carbons (Fsp3) is 0.909. The van der Waals surface area contributed by atoms with Crippen LogP contribution >= 0.6 is 0 Å². The molecule has 1 aliphatic heterocycles. The van der Waals surface area contributed by atoms with Crippen LogP contribution in [0.1, 0.15) is 19.8 Å². The van der Waals surface area contributed by atoms with Gasteiger partial charge in [0.15, 0.2) is 0 Å². The van der Waals surface area contributed by atoms with Gasteiger partial charge in [-0.3, -0.25) is 9.69 Å². The number of aliphatic hydroxyl groups excluding tert-OH is 1. The maximum atomic E-state index is 11.9. The lowest BCUT2D eigenvalue weighted by molar-refractivity contribution is -0.132. The van der Waals surface area contributed by atoms with Crippen LogP contribution < -0.4 is 5.73 Å². The molecule has 1 aliphatic rings. The van der Waals surface area contributed by atoms with E-state index in [0.717, 1.165) is 32.6 Å². The third-order valence-electron chi connectivity index (χ3n) is 3.07. The van der Waals surface area contributed by atoms with E-state index in [4.69, 9.17) is 10.8 Å². The lowest BCUT2D eigenvalue weighted by Gasteiger charge is -2.24. The van der Waals surface area contributed by atoms with Crippen molar-refractivity contribution in [3.63, 3.8) is 0 Å². The Morgan fingerprint density at radius 3 is 2.75 bits per heavy atom. The molecule has 1 fully saturated rings. The Hall–Kier alpha value is -0.650. The van der Waals surface area contributed by atoms with Crippen molar-refractivity contribution in [3.8, 4) is 0 Å². The second-order valence-corrected chi connectivity index (χ2v) is 4.26. The molecule has 1 heterocycles. The smallest absolute Gasteiger partial charge is 0.239 e. The summed E-state index contributed by atoms with van der Waals surface area (Å²) in [6.07, 6.45) is 1.65. The Balaban J connectivity index is 2.43. The first-order valence-electron chi connectivity index (χ1n) is 6.06. The van der Waals surface area contributed by atoms with E-state index in [1.54, 1.807) is 0 Å². The standard InChI is InChI=1S/C11H23N3O2/c1-2-10(12)11(16)14-5-3-4-13(6-7-14)8-9-15/h10,15H,2-9,12H2,1H3/t10-/m0/s1. The molecule has 1 atom stereocenters. The molecule has 94 valence electrons. The fourth-order valence-electron chi connectivity index (χ4n) is 1.97. The lowest BCUT2D eigenvalue weighted by Crippen LogP contribution is -2.45. The van der Waals surface area contributed by atoms with Crippen LogP contribution in [0.3, 0.4) is 0 Å². The van der Waals surface area contributed by atoms with Gasteiger partial charge in [-0.05, 0) is 19.4 Å². The van der Waals surface area contributed by atoms with E-state index in [0.29, 0.717) is 13.0 Å². The minimum absolute atomic E-state index is 0.0633. The van der Waals surface area contributed by atoms with Crippen LogP contribution in [0.25, 0.3) is 0 Å². The number of amides is 1. The summed E-state index contributed by atoms with van der Waals surface area (Å²) in [5.41, 5.74) is 5.75. The van der Waals surface area contributed by atoms with E-state index < -0.39 is 0 Å². The van der Waals surface area contributed by atoms with Crippen LogP contribution in [0, 0.1) is 0 Å². The van der Waals surface area contributed by atoms with Gasteiger partial charge in [-0.15, -0.1) is 0 Å². The Bertz CT molecular complexity index is 223. The molecule has 1 rings (SSSR count). The van der Waals surface area contributed by atoms with Crippen molar-refractivity contribution in [2.24, 2.45) is 5.73 Å². The summed E-state index contributed by atoms with van der Waals surface area (Å²) in [4.78, 5) is 15.9. The molecule has 1 amide bonds. The maximum absolute atomic E-state index is 11.9. The second kappa shape index (κ2) is 6.83. The first-order valence-corrected chi connectivity index (χ1v) is 6.06. The predicted octanol–water partition coefficient (Wildman–Crippen LogP) is -0.750. The van der Waals surface area contributed by atoms with Crippen molar-refractivity contribution in [1.82, 2.24) is 9.80 Å². The molecule has 0 aromatic heterocycles. The highest BCUT2D eigenvalue weighted by atomic mass is 16.3. The topological polar surface area (TPSA) is 69.8 Å². The second-order valence-electron chi connectivity index (χ2n) is 4.26. The number of nitrogens with zero attached hydrogens (tertiary/aromatic N) is 2. The lowest BCUT2D eigenvalue weighted by atomic mass is 10.2. The van der Waals surface area contributed by atoms with Crippen molar-refractivity contribution >= 4 is 5.91 Å². The van der Waals surface area contributed by atoms with Crippen LogP contribution in [0.2, 0.25) is 0 Å². The highest BCUT2D eigenvalue weighted by Gasteiger charge is 2.22. The normalized spacial score (nSPS) is 20.6. The van der Waals surface area contributed by atoms with Gasteiger partial charge in [0, 0.05) is 26.2 Å². The number of hydrogen-bond acceptors (Lipinski definition) is 4. The summed E-state index contributed by atoms with van der Waals surface area (Å²) in [6.45, 7) is 6.11. The van der Waals surface area contributed by atoms with Gasteiger partial charge < -0.3 is 15.7 Å². The van der Waals surface area contributed by atoms with E-state index >= 15 is 0 Å². The molecule has 0 aliphatic carbocycles. The minimum atomic E-state index is -0.357. The van der Waals surface area contributed by atoms with Crippen LogP contribution in [0.15, 0.2) is 0 Å². The number of carbonyl (C=O) groups is 1. The Kier molecular flexibility index (Phi) is 5.73. The molecule has 0 spiro atoms. The molecular weight excluding hydrogens is 206 g/mol. The van der Waals surface area contributed by atoms with Gasteiger partial charge in [-0.1, -0.05) is 6.92 Å². The van der Waals surface area contributed by atoms with Crippen molar-refractivity contribution in [2.45, 2.75) is 25.8 Å². The summed E-state index contributed by atoms with van der Waals surface area (Å²) in [5, 5.41) is 8.87. The van der Waals surface area contributed by atoms with Gasteiger partial charge in [0.25, 0.3) is 0 Å². The van der Waals surface area contributed by atoms with E-state index in [1.165, 1.54) is 0 Å². The number of β-amino-alcohol motifs (C(OH)–C–C–N with tert-alkyl or cyclic N) is 1. The van der Waals surface area contributed by atoms with Gasteiger partial charge in [-0.25, -0.2) is 0 Å². The van der Waals surface area contributed by atoms with Crippen molar-refractivity contribution in [2.75, 3.05) is 39.3 Å². The number of rotatable bonds is 4. The van der Waals surface area contributed by atoms with Crippen molar-refractivity contribution in [1.29, 1.82) is 0 Å². The minimum Gasteiger partial charge on any atom is -0.395 e. The molecule has 5 nitrogen and oxygen atoms in total. The van der Waals surface area contributed by atoms with Crippen LogP contribution in [0.4, 0.5) is 0 Å².